The van der Waals surface area contributed by atoms with Crippen LogP contribution in [0.2, 0.25) is 0 Å². The van der Waals surface area contributed by atoms with E-state index in [-0.39, 0.29) is 5.54 Å². The maximum atomic E-state index is 6.04. The zero-order chi connectivity index (χ0) is 11.0. The normalized spacial score (nSPS) is 24.6. The largest absolute Gasteiger partial charge is 0.328 e. The summed E-state index contributed by atoms with van der Waals surface area (Å²) in [6.07, 6.45) is 13.3. The van der Waals surface area contributed by atoms with Gasteiger partial charge in [-0.05, 0) is 25.7 Å². The van der Waals surface area contributed by atoms with Crippen LogP contribution in [0.4, 0.5) is 0 Å². The van der Waals surface area contributed by atoms with Crippen LogP contribution in [0.15, 0.2) is 12.5 Å². The van der Waals surface area contributed by atoms with Crippen molar-refractivity contribution in [2.24, 2.45) is 5.73 Å². The van der Waals surface area contributed by atoms with E-state index < -0.39 is 0 Å². The lowest BCUT2D eigenvalue weighted by molar-refractivity contribution is 0.275. The predicted molar refractivity (Wildman–Crippen MR) is 64.3 cm³/mol. The number of nitrogens with zero attached hydrogens (tertiary/aromatic N) is 2. The first-order valence-corrected chi connectivity index (χ1v) is 6.58. The molecule has 1 aromatic heterocycles. The Kier molecular flexibility index (Phi) is 2.51. The van der Waals surface area contributed by atoms with Gasteiger partial charge in [-0.2, -0.15) is 0 Å². The monoisotopic (exact) mass is 219 g/mol. The first-order valence-electron chi connectivity index (χ1n) is 6.58. The Morgan fingerprint density at radius 1 is 1.31 bits per heavy atom. The van der Waals surface area contributed by atoms with E-state index in [0.29, 0.717) is 0 Å². The molecule has 1 heterocycles. The van der Waals surface area contributed by atoms with Gasteiger partial charge in [0.15, 0.2) is 0 Å². The van der Waals surface area contributed by atoms with Crippen LogP contribution in [0.1, 0.15) is 56.6 Å². The van der Waals surface area contributed by atoms with E-state index in [1.165, 1.54) is 50.6 Å². The molecule has 0 radical (unpaired) electrons. The highest BCUT2D eigenvalue weighted by molar-refractivity contribution is 5.14. The molecule has 0 unspecified atom stereocenters. The standard InChI is InChI=1S/C13H21N3/c14-9-13(6-1-2-7-13)16-10-15-8-12(16)11-4-3-5-11/h8,10-11H,1-7,9,14H2. The number of hydrogen-bond donors (Lipinski definition) is 1. The molecule has 1 aromatic rings. The molecule has 2 aliphatic carbocycles. The molecule has 0 amide bonds. The summed E-state index contributed by atoms with van der Waals surface area (Å²) in [6.45, 7) is 0.767. The van der Waals surface area contributed by atoms with Crippen molar-refractivity contribution in [1.82, 2.24) is 9.55 Å². The topological polar surface area (TPSA) is 43.8 Å². The molecule has 2 N–H and O–H groups in total. The lowest BCUT2D eigenvalue weighted by Gasteiger charge is -2.35. The van der Waals surface area contributed by atoms with E-state index in [1.807, 2.05) is 6.33 Å². The highest BCUT2D eigenvalue weighted by atomic mass is 15.1. The predicted octanol–water partition coefficient (Wildman–Crippen LogP) is 2.38. The van der Waals surface area contributed by atoms with Crippen LogP contribution in [0.25, 0.3) is 0 Å². The Hall–Kier alpha value is -0.830. The van der Waals surface area contributed by atoms with E-state index in [2.05, 4.69) is 15.7 Å². The highest BCUT2D eigenvalue weighted by Gasteiger charge is 2.37. The second kappa shape index (κ2) is 3.88. The molecule has 16 heavy (non-hydrogen) atoms. The molecular weight excluding hydrogens is 198 g/mol. The van der Waals surface area contributed by atoms with Crippen molar-refractivity contribution in [3.8, 4) is 0 Å². The average Bonchev–Trinajstić information content (AvgIpc) is 2.83. The zero-order valence-electron chi connectivity index (χ0n) is 9.86. The number of rotatable bonds is 3. The van der Waals surface area contributed by atoms with Gasteiger partial charge in [-0.25, -0.2) is 4.98 Å². The fourth-order valence-electron chi connectivity index (χ4n) is 3.28. The Bertz CT molecular complexity index is 359. The minimum atomic E-state index is 0.196. The third-order valence-corrected chi connectivity index (χ3v) is 4.62. The zero-order valence-corrected chi connectivity index (χ0v) is 9.86. The molecule has 0 bridgehead atoms. The smallest absolute Gasteiger partial charge is 0.0953 e. The van der Waals surface area contributed by atoms with Crippen molar-refractivity contribution < 1.29 is 0 Å². The van der Waals surface area contributed by atoms with Gasteiger partial charge in [-0.3, -0.25) is 0 Å². The van der Waals surface area contributed by atoms with E-state index in [0.717, 1.165) is 12.5 Å². The lowest BCUT2D eigenvalue weighted by atomic mass is 9.82. The summed E-state index contributed by atoms with van der Waals surface area (Å²) in [4.78, 5) is 4.37. The van der Waals surface area contributed by atoms with Gasteiger partial charge >= 0.3 is 0 Å². The van der Waals surface area contributed by atoms with Gasteiger partial charge in [0.1, 0.15) is 0 Å². The summed E-state index contributed by atoms with van der Waals surface area (Å²) >= 11 is 0. The fourth-order valence-corrected chi connectivity index (χ4v) is 3.28. The lowest BCUT2D eigenvalue weighted by Crippen LogP contribution is -2.39. The van der Waals surface area contributed by atoms with Crippen molar-refractivity contribution >= 4 is 0 Å². The summed E-state index contributed by atoms with van der Waals surface area (Å²) in [6, 6.07) is 0. The second-order valence-electron chi connectivity index (χ2n) is 5.45. The van der Waals surface area contributed by atoms with Gasteiger partial charge in [0, 0.05) is 24.4 Å². The molecule has 3 nitrogen and oxygen atoms in total. The number of hydrogen-bond acceptors (Lipinski definition) is 2. The van der Waals surface area contributed by atoms with Crippen LogP contribution in [0.3, 0.4) is 0 Å². The molecule has 0 spiro atoms. The minimum Gasteiger partial charge on any atom is -0.328 e. The number of aromatic nitrogens is 2. The van der Waals surface area contributed by atoms with Crippen molar-refractivity contribution in [3.05, 3.63) is 18.2 Å². The van der Waals surface area contributed by atoms with Crippen LogP contribution < -0.4 is 5.73 Å². The van der Waals surface area contributed by atoms with Crippen LogP contribution in [0, 0.1) is 0 Å². The van der Waals surface area contributed by atoms with E-state index in [1.54, 1.807) is 0 Å². The van der Waals surface area contributed by atoms with Gasteiger partial charge in [-0.1, -0.05) is 19.3 Å². The minimum absolute atomic E-state index is 0.196. The van der Waals surface area contributed by atoms with Crippen molar-refractivity contribution in [1.29, 1.82) is 0 Å². The Morgan fingerprint density at radius 3 is 2.62 bits per heavy atom. The maximum Gasteiger partial charge on any atom is 0.0953 e. The first-order chi connectivity index (χ1) is 7.86. The Morgan fingerprint density at radius 2 is 2.06 bits per heavy atom. The average molecular weight is 219 g/mol. The van der Waals surface area contributed by atoms with Crippen molar-refractivity contribution in [2.45, 2.75) is 56.4 Å². The molecule has 3 heteroatoms. The molecule has 2 fully saturated rings. The second-order valence-corrected chi connectivity index (χ2v) is 5.45. The summed E-state index contributed by atoms with van der Waals surface area (Å²) in [5.74, 6) is 0.756. The van der Waals surface area contributed by atoms with Gasteiger partial charge in [0.2, 0.25) is 0 Å². The summed E-state index contributed by atoms with van der Waals surface area (Å²) in [5.41, 5.74) is 7.68. The van der Waals surface area contributed by atoms with Crippen molar-refractivity contribution in [3.63, 3.8) is 0 Å². The maximum absolute atomic E-state index is 6.04. The van der Waals surface area contributed by atoms with E-state index >= 15 is 0 Å². The first kappa shape index (κ1) is 10.3. The number of nitrogens with two attached hydrogens (primary N) is 1. The van der Waals surface area contributed by atoms with Gasteiger partial charge < -0.3 is 10.3 Å². The molecule has 0 aliphatic heterocycles. The SMILES string of the molecule is NCC1(n2cncc2C2CCC2)CCCC1. The van der Waals surface area contributed by atoms with E-state index in [4.69, 9.17) is 5.73 Å². The van der Waals surface area contributed by atoms with E-state index in [9.17, 15) is 0 Å². The Labute approximate surface area is 97.0 Å². The molecule has 2 aliphatic rings. The van der Waals surface area contributed by atoms with Gasteiger partial charge in [-0.15, -0.1) is 0 Å². The van der Waals surface area contributed by atoms with Crippen LogP contribution in [-0.2, 0) is 5.54 Å². The third kappa shape index (κ3) is 1.41. The van der Waals surface area contributed by atoms with Crippen molar-refractivity contribution in [2.75, 3.05) is 6.54 Å². The third-order valence-electron chi connectivity index (χ3n) is 4.62. The quantitative estimate of drug-likeness (QED) is 0.848. The van der Waals surface area contributed by atoms with Gasteiger partial charge in [0.05, 0.1) is 11.9 Å². The van der Waals surface area contributed by atoms with Gasteiger partial charge in [0.25, 0.3) is 0 Å². The molecule has 2 saturated carbocycles. The highest BCUT2D eigenvalue weighted by Crippen LogP contribution is 2.42. The summed E-state index contributed by atoms with van der Waals surface area (Å²) in [5, 5.41) is 0. The fraction of sp³-hybridized carbons (Fsp3) is 0.769. The van der Waals surface area contributed by atoms with Crippen LogP contribution in [0.5, 0.6) is 0 Å². The molecule has 0 atom stereocenters. The molecular formula is C13H21N3. The summed E-state index contributed by atoms with van der Waals surface area (Å²) in [7, 11) is 0. The molecule has 88 valence electrons. The Balaban J connectivity index is 1.94. The molecule has 0 saturated heterocycles. The molecule has 0 aromatic carbocycles. The summed E-state index contributed by atoms with van der Waals surface area (Å²) < 4.78 is 2.42. The number of imidazole rings is 1. The van der Waals surface area contributed by atoms with Crippen LogP contribution in [-0.4, -0.2) is 16.1 Å². The van der Waals surface area contributed by atoms with Crippen LogP contribution >= 0.6 is 0 Å². The molecule has 3 rings (SSSR count).